The SMILES string of the molecule is Cc1cc2c(cc1C)-c1cc3[n-]c(cc4[n+](C)c(cc5[n-]c(cc-2n1)c1cc(C)c(C)cc51)-c1cc(C)c(C)cc1-4)c1cc(C)c(C)cc31.[Cu+2]. The molecule has 7 aromatic rings. The third-order valence-electron chi connectivity index (χ3n) is 11.3. The van der Waals surface area contributed by atoms with E-state index in [1.54, 1.807) is 0 Å². The smallest absolute Gasteiger partial charge is 0.657 e. The first kappa shape index (κ1) is 32.3. The van der Waals surface area contributed by atoms with E-state index < -0.39 is 0 Å². The molecule has 3 aromatic heterocycles. The molecule has 0 N–H and O–H groups in total. The maximum absolute atomic E-state index is 5.38. The molecular formula is C45H39CuN4+. The van der Waals surface area contributed by atoms with E-state index in [9.17, 15) is 0 Å². The Balaban J connectivity index is 0.00000361. The van der Waals surface area contributed by atoms with Crippen LogP contribution in [0.4, 0.5) is 0 Å². The first-order valence-electron chi connectivity index (χ1n) is 17.2. The van der Waals surface area contributed by atoms with Crippen LogP contribution in [-0.2, 0) is 24.1 Å². The van der Waals surface area contributed by atoms with Gasteiger partial charge >= 0.3 is 17.1 Å². The summed E-state index contributed by atoms with van der Waals surface area (Å²) in [6.07, 6.45) is 0. The molecule has 0 aliphatic carbocycles. The number of hydrogen-bond acceptors (Lipinski definition) is 1. The maximum Gasteiger partial charge on any atom is 2.00 e. The van der Waals surface area contributed by atoms with Crippen molar-refractivity contribution in [2.45, 2.75) is 55.4 Å². The Hall–Kier alpha value is -4.96. The number of nitrogens with zero attached hydrogens (tertiary/aromatic N) is 4. The molecule has 5 heteroatoms. The summed E-state index contributed by atoms with van der Waals surface area (Å²) in [6, 6.07) is 27.4. The van der Waals surface area contributed by atoms with Crippen molar-refractivity contribution in [3.05, 3.63) is 117 Å². The largest absolute Gasteiger partial charge is 2.00 e. The Morgan fingerprint density at radius 1 is 0.380 bits per heavy atom. The normalized spacial score (nSPS) is 11.9. The molecule has 1 radical (unpaired) electrons. The molecule has 4 nitrogen and oxygen atoms in total. The molecule has 0 fully saturated rings. The van der Waals surface area contributed by atoms with E-state index in [-0.39, 0.29) is 17.1 Å². The van der Waals surface area contributed by atoms with Crippen molar-refractivity contribution in [2.75, 3.05) is 0 Å². The fraction of sp³-hybridized carbons (Fsp3) is 0.200. The fourth-order valence-corrected chi connectivity index (χ4v) is 7.73. The molecule has 0 saturated carbocycles. The van der Waals surface area contributed by atoms with Crippen LogP contribution >= 0.6 is 0 Å². The second-order valence-corrected chi connectivity index (χ2v) is 14.5. The Bertz CT molecular complexity index is 2630. The molecule has 2 aliphatic rings. The zero-order valence-corrected chi connectivity index (χ0v) is 31.0. The fourth-order valence-electron chi connectivity index (χ4n) is 7.73. The van der Waals surface area contributed by atoms with Crippen LogP contribution in [0.5, 0.6) is 0 Å². The van der Waals surface area contributed by atoms with Gasteiger partial charge in [-0.25, -0.2) is 4.98 Å². The standard InChI is InChI=1S/C45H39N4.Cu/c1-22-10-30-31(11-23(22)2)39-19-41-33-13-25(4)27(6)15-35(33)43(48-41)21-45-37-17-29(8)28(7)16-36(37)44(49(45)9)20-42-34-14-26(5)24(3)12-32(34)40(47-42)18-38(30)46-39;/h10-21H,1-9H3;/q-1;+2. The van der Waals surface area contributed by atoms with E-state index in [2.05, 4.69) is 140 Å². The number of fused-ring (bicyclic) bond motifs is 20. The van der Waals surface area contributed by atoms with Crippen molar-refractivity contribution < 1.29 is 21.6 Å². The second-order valence-electron chi connectivity index (χ2n) is 14.5. The molecule has 0 unspecified atom stereocenters. The van der Waals surface area contributed by atoms with E-state index in [1.165, 1.54) is 55.6 Å². The third kappa shape index (κ3) is 4.71. The van der Waals surface area contributed by atoms with Crippen molar-refractivity contribution in [1.29, 1.82) is 0 Å². The molecule has 9 rings (SSSR count). The Morgan fingerprint density at radius 2 is 0.660 bits per heavy atom. The zero-order valence-electron chi connectivity index (χ0n) is 30.0. The van der Waals surface area contributed by atoms with Crippen molar-refractivity contribution in [2.24, 2.45) is 7.05 Å². The van der Waals surface area contributed by atoms with Gasteiger partial charge in [-0.1, -0.05) is 24.3 Å². The average molecular weight is 699 g/mol. The predicted octanol–water partition coefficient (Wildman–Crippen LogP) is 10.4. The van der Waals surface area contributed by atoms with Crippen LogP contribution in [-0.4, -0.2) is 4.98 Å². The zero-order chi connectivity index (χ0) is 34.0. The van der Waals surface area contributed by atoms with E-state index in [1.807, 2.05) is 0 Å². The molecular weight excluding hydrogens is 660 g/mol. The van der Waals surface area contributed by atoms with Gasteiger partial charge in [0, 0.05) is 11.1 Å². The van der Waals surface area contributed by atoms with Gasteiger partial charge in [0.1, 0.15) is 7.05 Å². The van der Waals surface area contributed by atoms with Gasteiger partial charge in [-0.15, -0.1) is 22.1 Å². The molecule has 0 amide bonds. The van der Waals surface area contributed by atoms with Crippen molar-refractivity contribution >= 4 is 43.6 Å². The van der Waals surface area contributed by atoms with Gasteiger partial charge in [0.15, 0.2) is 0 Å². The summed E-state index contributed by atoms with van der Waals surface area (Å²) in [5.74, 6) is 0. The van der Waals surface area contributed by atoms with Crippen LogP contribution in [0.1, 0.15) is 44.5 Å². The van der Waals surface area contributed by atoms with Gasteiger partial charge in [0.25, 0.3) is 0 Å². The minimum Gasteiger partial charge on any atom is -0.657 e. The summed E-state index contributed by atoms with van der Waals surface area (Å²) in [6.45, 7) is 17.5. The molecule has 0 atom stereocenters. The molecule has 0 saturated heterocycles. The summed E-state index contributed by atoms with van der Waals surface area (Å²) in [7, 11) is 2.18. The molecule has 0 spiro atoms. The van der Waals surface area contributed by atoms with Crippen LogP contribution < -0.4 is 14.5 Å². The van der Waals surface area contributed by atoms with Crippen molar-refractivity contribution in [1.82, 2.24) is 15.0 Å². The Labute approximate surface area is 303 Å². The number of aromatic nitrogens is 4. The van der Waals surface area contributed by atoms with Gasteiger partial charge in [-0.05, 0) is 170 Å². The van der Waals surface area contributed by atoms with Crippen LogP contribution in [0.2, 0.25) is 0 Å². The van der Waals surface area contributed by atoms with Gasteiger partial charge in [0.05, 0.1) is 22.5 Å². The number of aryl methyl sites for hydroxylation is 8. The molecule has 2 aliphatic heterocycles. The number of rotatable bonds is 0. The summed E-state index contributed by atoms with van der Waals surface area (Å²) in [4.78, 5) is 16.1. The summed E-state index contributed by atoms with van der Waals surface area (Å²) in [5, 5.41) is 4.63. The minimum atomic E-state index is 0. The molecule has 249 valence electrons. The average Bonchev–Trinajstić information content (AvgIpc) is 3.73. The predicted molar refractivity (Wildman–Crippen MR) is 204 cm³/mol. The molecule has 4 aromatic carbocycles. The van der Waals surface area contributed by atoms with Gasteiger partial charge in [0.2, 0.25) is 11.4 Å². The molecule has 8 bridgehead atoms. The second kappa shape index (κ2) is 11.3. The van der Waals surface area contributed by atoms with Crippen LogP contribution in [0.25, 0.3) is 88.6 Å². The van der Waals surface area contributed by atoms with E-state index in [0.717, 1.165) is 77.5 Å². The van der Waals surface area contributed by atoms with Gasteiger partial charge in [-0.3, -0.25) is 0 Å². The Kier molecular flexibility index (Phi) is 7.28. The van der Waals surface area contributed by atoms with Crippen molar-refractivity contribution in [3.63, 3.8) is 0 Å². The summed E-state index contributed by atoms with van der Waals surface area (Å²) in [5.41, 5.74) is 22.8. The van der Waals surface area contributed by atoms with Crippen LogP contribution in [0, 0.1) is 55.4 Å². The van der Waals surface area contributed by atoms with E-state index in [0.29, 0.717) is 0 Å². The first-order valence-corrected chi connectivity index (χ1v) is 17.2. The monoisotopic (exact) mass is 698 g/mol. The number of hydrogen-bond donors (Lipinski definition) is 0. The quantitative estimate of drug-likeness (QED) is 0.117. The van der Waals surface area contributed by atoms with Gasteiger partial charge in [-0.2, -0.15) is 4.57 Å². The summed E-state index contributed by atoms with van der Waals surface area (Å²) < 4.78 is 2.33. The minimum absolute atomic E-state index is 0. The van der Waals surface area contributed by atoms with E-state index >= 15 is 0 Å². The van der Waals surface area contributed by atoms with Crippen molar-refractivity contribution in [3.8, 4) is 45.0 Å². The van der Waals surface area contributed by atoms with Gasteiger partial charge < -0.3 is 9.97 Å². The molecule has 5 heterocycles. The first-order chi connectivity index (χ1) is 23.4. The van der Waals surface area contributed by atoms with E-state index in [4.69, 9.17) is 15.0 Å². The summed E-state index contributed by atoms with van der Waals surface area (Å²) >= 11 is 0. The maximum atomic E-state index is 5.38. The third-order valence-corrected chi connectivity index (χ3v) is 11.3. The topological polar surface area (TPSA) is 45.0 Å². The van der Waals surface area contributed by atoms with Crippen LogP contribution in [0.15, 0.2) is 72.8 Å². The van der Waals surface area contributed by atoms with Crippen LogP contribution in [0.3, 0.4) is 0 Å². The number of benzene rings is 4. The molecule has 50 heavy (non-hydrogen) atoms. The Morgan fingerprint density at radius 3 is 1.00 bits per heavy atom.